The van der Waals surface area contributed by atoms with Crippen LogP contribution in [0.4, 0.5) is 5.69 Å². The van der Waals surface area contributed by atoms with Crippen LogP contribution in [-0.2, 0) is 4.79 Å². The van der Waals surface area contributed by atoms with Crippen LogP contribution in [0.15, 0.2) is 18.2 Å². The highest BCUT2D eigenvalue weighted by molar-refractivity contribution is 5.97. The molecular weight excluding hydrogens is 202 g/mol. The van der Waals surface area contributed by atoms with E-state index < -0.39 is 0 Å². The zero-order valence-electron chi connectivity index (χ0n) is 9.32. The summed E-state index contributed by atoms with van der Waals surface area (Å²) in [5.41, 5.74) is 2.22. The second-order valence-corrected chi connectivity index (χ2v) is 4.59. The first-order valence-electron chi connectivity index (χ1n) is 5.78. The first-order chi connectivity index (χ1) is 7.79. The van der Waals surface area contributed by atoms with Gasteiger partial charge in [-0.2, -0.15) is 0 Å². The minimum Gasteiger partial charge on any atom is -0.497 e. The molecule has 2 atom stereocenters. The van der Waals surface area contributed by atoms with E-state index in [1.54, 1.807) is 7.11 Å². The fourth-order valence-corrected chi connectivity index (χ4v) is 2.97. The maximum absolute atomic E-state index is 11.9. The number of ether oxygens (including phenoxy) is 1. The van der Waals surface area contributed by atoms with E-state index >= 15 is 0 Å². The lowest BCUT2D eigenvalue weighted by Crippen LogP contribution is -2.30. The molecule has 1 saturated carbocycles. The summed E-state index contributed by atoms with van der Waals surface area (Å²) < 4.78 is 5.18. The van der Waals surface area contributed by atoms with Gasteiger partial charge in [-0.15, -0.1) is 0 Å². The molecule has 1 aromatic rings. The molecule has 1 fully saturated rings. The van der Waals surface area contributed by atoms with Gasteiger partial charge in [-0.3, -0.25) is 4.79 Å². The molecular formula is C13H15NO2. The Morgan fingerprint density at radius 1 is 1.31 bits per heavy atom. The molecule has 0 aromatic heterocycles. The molecule has 2 aliphatic rings. The van der Waals surface area contributed by atoms with Crippen molar-refractivity contribution in [3.63, 3.8) is 0 Å². The van der Waals surface area contributed by atoms with Crippen LogP contribution in [0.5, 0.6) is 5.75 Å². The van der Waals surface area contributed by atoms with Crippen LogP contribution in [0.3, 0.4) is 0 Å². The predicted octanol–water partition coefficient (Wildman–Crippen LogP) is 2.53. The average Bonchev–Trinajstić information content (AvgIpc) is 2.78. The number of carbonyl (C=O) groups is 1. The summed E-state index contributed by atoms with van der Waals surface area (Å²) in [6, 6.07) is 5.99. The van der Waals surface area contributed by atoms with Crippen LogP contribution in [-0.4, -0.2) is 13.0 Å². The third-order valence-corrected chi connectivity index (χ3v) is 3.77. The van der Waals surface area contributed by atoms with Crippen molar-refractivity contribution >= 4 is 11.6 Å². The summed E-state index contributed by atoms with van der Waals surface area (Å²) in [4.78, 5) is 11.9. The molecule has 1 heterocycles. The number of anilines is 1. The summed E-state index contributed by atoms with van der Waals surface area (Å²) in [6.45, 7) is 0. The van der Waals surface area contributed by atoms with Crippen molar-refractivity contribution in [2.45, 2.75) is 25.2 Å². The zero-order chi connectivity index (χ0) is 11.1. The molecule has 16 heavy (non-hydrogen) atoms. The normalized spacial score (nSPS) is 26.9. The molecule has 1 aliphatic carbocycles. The third-order valence-electron chi connectivity index (χ3n) is 3.77. The Morgan fingerprint density at radius 3 is 2.94 bits per heavy atom. The highest BCUT2D eigenvalue weighted by Crippen LogP contribution is 2.46. The van der Waals surface area contributed by atoms with Crippen molar-refractivity contribution in [2.24, 2.45) is 5.92 Å². The fourth-order valence-electron chi connectivity index (χ4n) is 2.97. The Balaban J connectivity index is 2.06. The van der Waals surface area contributed by atoms with E-state index in [2.05, 4.69) is 11.4 Å². The van der Waals surface area contributed by atoms with Gasteiger partial charge in [-0.1, -0.05) is 12.5 Å². The van der Waals surface area contributed by atoms with Gasteiger partial charge in [0.15, 0.2) is 0 Å². The van der Waals surface area contributed by atoms with E-state index in [0.717, 1.165) is 30.7 Å². The molecule has 84 valence electrons. The van der Waals surface area contributed by atoms with Gasteiger partial charge in [0, 0.05) is 17.7 Å². The maximum atomic E-state index is 11.9. The minimum absolute atomic E-state index is 0.184. The monoisotopic (exact) mass is 217 g/mol. The lowest BCUT2D eigenvalue weighted by molar-refractivity contribution is -0.120. The molecule has 1 amide bonds. The topological polar surface area (TPSA) is 38.3 Å². The van der Waals surface area contributed by atoms with Crippen molar-refractivity contribution < 1.29 is 9.53 Å². The van der Waals surface area contributed by atoms with Crippen molar-refractivity contribution in [3.8, 4) is 5.75 Å². The lowest BCUT2D eigenvalue weighted by Gasteiger charge is -2.28. The minimum atomic E-state index is 0.184. The second-order valence-electron chi connectivity index (χ2n) is 4.59. The van der Waals surface area contributed by atoms with Crippen LogP contribution >= 0.6 is 0 Å². The molecule has 0 bridgehead atoms. The first-order valence-corrected chi connectivity index (χ1v) is 5.78. The van der Waals surface area contributed by atoms with Crippen molar-refractivity contribution in [2.75, 3.05) is 12.4 Å². The summed E-state index contributed by atoms with van der Waals surface area (Å²) in [7, 11) is 1.64. The van der Waals surface area contributed by atoms with Crippen LogP contribution in [0.2, 0.25) is 0 Å². The standard InChI is InChI=1S/C13H15NO2/c1-16-8-5-6-10-9-3-2-4-11(9)13(15)14-12(10)7-8/h5-7,9,11H,2-4H2,1H3,(H,14,15). The number of hydrogen-bond acceptors (Lipinski definition) is 2. The Morgan fingerprint density at radius 2 is 2.12 bits per heavy atom. The van der Waals surface area contributed by atoms with Crippen LogP contribution < -0.4 is 10.1 Å². The van der Waals surface area contributed by atoms with Gasteiger partial charge in [-0.25, -0.2) is 0 Å². The van der Waals surface area contributed by atoms with E-state index in [9.17, 15) is 4.79 Å². The third kappa shape index (κ3) is 1.31. The van der Waals surface area contributed by atoms with Gasteiger partial charge in [-0.05, 0) is 30.4 Å². The maximum Gasteiger partial charge on any atom is 0.228 e. The molecule has 0 radical (unpaired) electrons. The molecule has 1 aromatic carbocycles. The molecule has 3 nitrogen and oxygen atoms in total. The summed E-state index contributed by atoms with van der Waals surface area (Å²) in [5.74, 6) is 1.61. The summed E-state index contributed by atoms with van der Waals surface area (Å²) in [5, 5.41) is 2.99. The van der Waals surface area contributed by atoms with Gasteiger partial charge in [0.25, 0.3) is 0 Å². The van der Waals surface area contributed by atoms with Crippen molar-refractivity contribution in [3.05, 3.63) is 23.8 Å². The second kappa shape index (κ2) is 3.51. The summed E-state index contributed by atoms with van der Waals surface area (Å²) >= 11 is 0. The Kier molecular flexibility index (Phi) is 2.13. The van der Waals surface area contributed by atoms with E-state index in [0.29, 0.717) is 5.92 Å². The molecule has 0 spiro atoms. The van der Waals surface area contributed by atoms with Gasteiger partial charge >= 0.3 is 0 Å². The fraction of sp³-hybridized carbons (Fsp3) is 0.462. The SMILES string of the molecule is COc1ccc2c(c1)NC(=O)C1CCCC21. The number of hydrogen-bond donors (Lipinski definition) is 1. The van der Waals surface area contributed by atoms with Gasteiger partial charge in [0.05, 0.1) is 7.11 Å². The molecule has 1 aliphatic heterocycles. The van der Waals surface area contributed by atoms with Crippen LogP contribution in [0.1, 0.15) is 30.7 Å². The Bertz CT molecular complexity index is 442. The summed E-state index contributed by atoms with van der Waals surface area (Å²) in [6.07, 6.45) is 3.33. The Hall–Kier alpha value is -1.51. The zero-order valence-corrected chi connectivity index (χ0v) is 9.32. The number of fused-ring (bicyclic) bond motifs is 3. The average molecular weight is 217 g/mol. The number of methoxy groups -OCH3 is 1. The van der Waals surface area contributed by atoms with Crippen molar-refractivity contribution in [1.29, 1.82) is 0 Å². The number of rotatable bonds is 1. The van der Waals surface area contributed by atoms with Gasteiger partial charge in [0.1, 0.15) is 5.75 Å². The van der Waals surface area contributed by atoms with Crippen LogP contribution in [0.25, 0.3) is 0 Å². The number of amides is 1. The van der Waals surface area contributed by atoms with E-state index in [1.165, 1.54) is 5.56 Å². The van der Waals surface area contributed by atoms with Crippen LogP contribution in [0, 0.1) is 5.92 Å². The van der Waals surface area contributed by atoms with Gasteiger partial charge in [0.2, 0.25) is 5.91 Å². The molecule has 0 saturated heterocycles. The quantitative estimate of drug-likeness (QED) is 0.785. The first kappa shape index (κ1) is 9.70. The largest absolute Gasteiger partial charge is 0.497 e. The predicted molar refractivity (Wildman–Crippen MR) is 61.7 cm³/mol. The number of benzene rings is 1. The highest BCUT2D eigenvalue weighted by Gasteiger charge is 2.38. The van der Waals surface area contributed by atoms with Gasteiger partial charge < -0.3 is 10.1 Å². The number of carbonyl (C=O) groups excluding carboxylic acids is 1. The molecule has 3 heteroatoms. The van der Waals surface area contributed by atoms with E-state index in [-0.39, 0.29) is 11.8 Å². The van der Waals surface area contributed by atoms with E-state index in [4.69, 9.17) is 4.74 Å². The smallest absolute Gasteiger partial charge is 0.228 e. The molecule has 1 N–H and O–H groups in total. The lowest BCUT2D eigenvalue weighted by atomic mass is 9.84. The van der Waals surface area contributed by atoms with Crippen molar-refractivity contribution in [1.82, 2.24) is 0 Å². The molecule has 2 unspecified atom stereocenters. The van der Waals surface area contributed by atoms with E-state index in [1.807, 2.05) is 12.1 Å². The number of nitrogens with one attached hydrogen (secondary N) is 1. The molecule has 3 rings (SSSR count). The highest BCUT2D eigenvalue weighted by atomic mass is 16.5. The Labute approximate surface area is 94.8 Å².